The van der Waals surface area contributed by atoms with E-state index in [1.54, 1.807) is 17.5 Å². The van der Waals surface area contributed by atoms with Crippen molar-refractivity contribution in [2.45, 2.75) is 31.7 Å². The van der Waals surface area contributed by atoms with E-state index in [0.29, 0.717) is 4.88 Å². The van der Waals surface area contributed by atoms with Crippen molar-refractivity contribution in [1.29, 1.82) is 0 Å². The number of rotatable bonds is 5. The van der Waals surface area contributed by atoms with Gasteiger partial charge in [-0.05, 0) is 18.4 Å². The summed E-state index contributed by atoms with van der Waals surface area (Å²) < 4.78 is 0. The fourth-order valence-electron chi connectivity index (χ4n) is 1.55. The Hall–Kier alpha value is -1.43. The first-order valence-corrected chi connectivity index (χ1v) is 5.67. The number of carbonyl (C=O) groups is 1. The van der Waals surface area contributed by atoms with Crippen molar-refractivity contribution >= 4 is 17.3 Å². The second-order valence-electron chi connectivity index (χ2n) is 3.95. The molecular formula is C10H13NO4S. The number of hydrogen-bond acceptors (Lipinski definition) is 4. The average molecular weight is 243 g/mol. The Balaban J connectivity index is 2.99. The summed E-state index contributed by atoms with van der Waals surface area (Å²) in [5, 5.41) is 21.6. The van der Waals surface area contributed by atoms with Crippen LogP contribution in [0.15, 0.2) is 17.5 Å². The maximum atomic E-state index is 11.3. The molecule has 0 aliphatic heterocycles. The molecule has 0 saturated heterocycles. The van der Waals surface area contributed by atoms with Gasteiger partial charge >= 0.3 is 5.97 Å². The van der Waals surface area contributed by atoms with Crippen LogP contribution >= 0.6 is 11.3 Å². The SMILES string of the molecule is CC(CC(C)(C(=O)O)c1cccs1)[N+](=O)[O-]. The molecule has 0 spiro atoms. The van der Waals surface area contributed by atoms with E-state index in [2.05, 4.69) is 0 Å². The average Bonchev–Trinajstić information content (AvgIpc) is 2.69. The van der Waals surface area contributed by atoms with Crippen LogP contribution in [-0.2, 0) is 10.2 Å². The first-order valence-electron chi connectivity index (χ1n) is 4.79. The van der Waals surface area contributed by atoms with Crippen LogP contribution in [0.4, 0.5) is 0 Å². The number of aliphatic carboxylic acids is 1. The zero-order valence-corrected chi connectivity index (χ0v) is 9.86. The largest absolute Gasteiger partial charge is 0.481 e. The topological polar surface area (TPSA) is 80.4 Å². The molecule has 1 rings (SSSR count). The highest BCUT2D eigenvalue weighted by molar-refractivity contribution is 7.10. The van der Waals surface area contributed by atoms with Gasteiger partial charge in [0.25, 0.3) is 0 Å². The lowest BCUT2D eigenvalue weighted by Gasteiger charge is -2.23. The predicted octanol–water partition coefficient (Wildman–Crippen LogP) is 2.15. The standard InChI is InChI=1S/C10H13NO4S/c1-7(11(14)15)6-10(2,9(12)13)8-4-3-5-16-8/h3-5,7H,6H2,1-2H3,(H,12,13). The molecule has 1 N–H and O–H groups in total. The van der Waals surface area contributed by atoms with Gasteiger partial charge in [0.2, 0.25) is 6.04 Å². The fourth-order valence-corrected chi connectivity index (χ4v) is 2.44. The van der Waals surface area contributed by atoms with Crippen LogP contribution in [0.25, 0.3) is 0 Å². The van der Waals surface area contributed by atoms with E-state index >= 15 is 0 Å². The summed E-state index contributed by atoms with van der Waals surface area (Å²) >= 11 is 1.31. The summed E-state index contributed by atoms with van der Waals surface area (Å²) in [4.78, 5) is 22.0. The van der Waals surface area contributed by atoms with Crippen LogP contribution in [0.5, 0.6) is 0 Å². The first-order chi connectivity index (χ1) is 7.38. The molecule has 88 valence electrons. The third-order valence-electron chi connectivity index (χ3n) is 2.60. The van der Waals surface area contributed by atoms with Crippen LogP contribution in [0.2, 0.25) is 0 Å². The third kappa shape index (κ3) is 2.38. The maximum absolute atomic E-state index is 11.3. The van der Waals surface area contributed by atoms with E-state index in [9.17, 15) is 20.0 Å². The molecule has 0 radical (unpaired) electrons. The van der Waals surface area contributed by atoms with E-state index < -0.39 is 22.3 Å². The molecule has 2 unspecified atom stereocenters. The maximum Gasteiger partial charge on any atom is 0.314 e. The van der Waals surface area contributed by atoms with Gasteiger partial charge in [-0.3, -0.25) is 14.9 Å². The molecule has 0 aliphatic rings. The Labute approximate surface area is 96.9 Å². The van der Waals surface area contributed by atoms with Gasteiger partial charge in [-0.15, -0.1) is 11.3 Å². The van der Waals surface area contributed by atoms with Crippen LogP contribution in [0.1, 0.15) is 25.1 Å². The van der Waals surface area contributed by atoms with Gasteiger partial charge in [0.05, 0.1) is 0 Å². The van der Waals surface area contributed by atoms with Gasteiger partial charge in [0.1, 0.15) is 5.41 Å². The number of thiophene rings is 1. The van der Waals surface area contributed by atoms with Crippen LogP contribution in [-0.4, -0.2) is 22.0 Å². The zero-order chi connectivity index (χ0) is 12.3. The first kappa shape index (κ1) is 12.6. The van der Waals surface area contributed by atoms with Gasteiger partial charge in [0, 0.05) is 23.1 Å². The minimum absolute atomic E-state index is 0.00412. The Bertz CT molecular complexity index is 390. The van der Waals surface area contributed by atoms with E-state index in [4.69, 9.17) is 0 Å². The van der Waals surface area contributed by atoms with E-state index in [1.807, 2.05) is 0 Å². The smallest absolute Gasteiger partial charge is 0.314 e. The molecule has 1 aromatic rings. The lowest BCUT2D eigenvalue weighted by atomic mass is 9.82. The number of carboxylic acid groups (broad SMARTS) is 1. The van der Waals surface area contributed by atoms with Crippen LogP contribution in [0, 0.1) is 10.1 Å². The highest BCUT2D eigenvalue weighted by Crippen LogP contribution is 2.33. The highest BCUT2D eigenvalue weighted by Gasteiger charge is 2.40. The summed E-state index contributed by atoms with van der Waals surface area (Å²) in [6.45, 7) is 2.95. The van der Waals surface area contributed by atoms with Crippen molar-refractivity contribution in [3.05, 3.63) is 32.5 Å². The lowest BCUT2D eigenvalue weighted by Crippen LogP contribution is -2.37. The molecular weight excluding hydrogens is 230 g/mol. The molecule has 0 aliphatic carbocycles. The van der Waals surface area contributed by atoms with Crippen molar-refractivity contribution < 1.29 is 14.8 Å². The van der Waals surface area contributed by atoms with Gasteiger partial charge < -0.3 is 5.11 Å². The fraction of sp³-hybridized carbons (Fsp3) is 0.500. The van der Waals surface area contributed by atoms with Crippen molar-refractivity contribution in [2.24, 2.45) is 0 Å². The molecule has 1 heterocycles. The Morgan fingerprint density at radius 3 is 2.75 bits per heavy atom. The summed E-state index contributed by atoms with van der Waals surface area (Å²) in [7, 11) is 0. The second-order valence-corrected chi connectivity index (χ2v) is 4.90. The molecule has 2 atom stereocenters. The molecule has 1 aromatic heterocycles. The molecule has 16 heavy (non-hydrogen) atoms. The van der Waals surface area contributed by atoms with E-state index in [-0.39, 0.29) is 6.42 Å². The number of carboxylic acids is 1. The minimum atomic E-state index is -1.18. The van der Waals surface area contributed by atoms with Gasteiger partial charge in [-0.2, -0.15) is 0 Å². The minimum Gasteiger partial charge on any atom is -0.481 e. The number of hydrogen-bond donors (Lipinski definition) is 1. The van der Waals surface area contributed by atoms with Gasteiger partial charge in [-0.25, -0.2) is 0 Å². The quantitative estimate of drug-likeness (QED) is 0.634. The third-order valence-corrected chi connectivity index (χ3v) is 3.73. The lowest BCUT2D eigenvalue weighted by molar-refractivity contribution is -0.520. The number of nitrogens with zero attached hydrogens (tertiary/aromatic N) is 1. The molecule has 0 amide bonds. The number of nitro groups is 1. The van der Waals surface area contributed by atoms with Crippen molar-refractivity contribution in [3.8, 4) is 0 Å². The monoisotopic (exact) mass is 243 g/mol. The Morgan fingerprint density at radius 1 is 1.75 bits per heavy atom. The molecule has 5 nitrogen and oxygen atoms in total. The summed E-state index contributed by atoms with van der Waals surface area (Å²) in [6, 6.07) is 2.58. The predicted molar refractivity (Wildman–Crippen MR) is 60.4 cm³/mol. The van der Waals surface area contributed by atoms with Crippen LogP contribution in [0.3, 0.4) is 0 Å². The molecule has 0 fully saturated rings. The van der Waals surface area contributed by atoms with Crippen molar-refractivity contribution in [2.75, 3.05) is 0 Å². The second kappa shape index (κ2) is 4.61. The van der Waals surface area contributed by atoms with E-state index in [1.165, 1.54) is 25.2 Å². The molecule has 0 bridgehead atoms. The van der Waals surface area contributed by atoms with Crippen LogP contribution < -0.4 is 0 Å². The van der Waals surface area contributed by atoms with Gasteiger partial charge in [0.15, 0.2) is 0 Å². The molecule has 0 aromatic carbocycles. The van der Waals surface area contributed by atoms with Gasteiger partial charge in [-0.1, -0.05) is 6.07 Å². The Kier molecular flexibility index (Phi) is 3.64. The zero-order valence-electron chi connectivity index (χ0n) is 9.04. The molecule has 0 saturated carbocycles. The molecule has 6 heteroatoms. The van der Waals surface area contributed by atoms with Crippen molar-refractivity contribution in [1.82, 2.24) is 0 Å². The van der Waals surface area contributed by atoms with Crippen molar-refractivity contribution in [3.63, 3.8) is 0 Å². The normalized spacial score (nSPS) is 16.4. The summed E-state index contributed by atoms with van der Waals surface area (Å²) in [5.41, 5.74) is -1.18. The highest BCUT2D eigenvalue weighted by atomic mass is 32.1. The summed E-state index contributed by atoms with van der Waals surface area (Å²) in [5.74, 6) is -1.02. The Morgan fingerprint density at radius 2 is 2.38 bits per heavy atom. The summed E-state index contributed by atoms with van der Waals surface area (Å²) in [6.07, 6.45) is -0.00412. The van der Waals surface area contributed by atoms with E-state index in [0.717, 1.165) is 0 Å².